The van der Waals surface area contributed by atoms with Crippen LogP contribution in [-0.4, -0.2) is 87.0 Å². The van der Waals surface area contributed by atoms with Crippen LogP contribution in [0.4, 0.5) is 0 Å². The second-order valence-corrected chi connectivity index (χ2v) is 15.6. The van der Waals surface area contributed by atoms with Crippen LogP contribution in [0.1, 0.15) is 35.0 Å². The van der Waals surface area contributed by atoms with E-state index in [1.54, 1.807) is 18.2 Å². The third-order valence-corrected chi connectivity index (χ3v) is 10.5. The molecule has 2 aromatic rings. The van der Waals surface area contributed by atoms with Gasteiger partial charge in [-0.25, -0.2) is 9.11 Å². The summed E-state index contributed by atoms with van der Waals surface area (Å²) in [6.07, 6.45) is -1.77. The van der Waals surface area contributed by atoms with Crippen molar-refractivity contribution < 1.29 is 70.1 Å². The van der Waals surface area contributed by atoms with E-state index in [0.717, 1.165) is 10.8 Å². The lowest BCUT2D eigenvalue weighted by atomic mass is 10.2. The van der Waals surface area contributed by atoms with Crippen LogP contribution in [0.25, 0.3) is 10.4 Å². The predicted octanol–water partition coefficient (Wildman–Crippen LogP) is -1.04. The average Bonchev–Trinajstić information content (AvgIpc) is 3.56. The summed E-state index contributed by atoms with van der Waals surface area (Å²) >= 11 is 0. The topological polar surface area (TPSA) is 347 Å². The molecule has 1 aromatic carbocycles. The first-order chi connectivity index (χ1) is 25.4. The Kier molecular flexibility index (Phi) is 16.8. The van der Waals surface area contributed by atoms with Crippen LogP contribution >= 0.6 is 23.2 Å². The summed E-state index contributed by atoms with van der Waals surface area (Å²) in [4.78, 5) is 87.7. The zero-order valence-corrected chi connectivity index (χ0v) is 31.0. The smallest absolute Gasteiger partial charge is 0.330 e. The zero-order valence-electron chi connectivity index (χ0n) is 28.3. The fourth-order valence-electron chi connectivity index (χ4n) is 4.27. The number of amides is 2. The van der Waals surface area contributed by atoms with Gasteiger partial charge < -0.3 is 53.4 Å². The number of benzene rings is 1. The quantitative estimate of drug-likeness (QED) is 0.0358. The molecule has 296 valence electrons. The molecular formula is C27H33N7O17P3-3. The van der Waals surface area contributed by atoms with Crippen LogP contribution in [0.5, 0.6) is 5.75 Å². The van der Waals surface area contributed by atoms with Crippen LogP contribution in [0, 0.1) is 11.8 Å². The number of carbonyl (C=O) groups is 2. The Morgan fingerprint density at radius 1 is 1.17 bits per heavy atom. The number of rotatable bonds is 20. The van der Waals surface area contributed by atoms with Crippen LogP contribution < -0.4 is 41.3 Å². The minimum Gasteiger partial charge on any atom is -0.778 e. The number of hydrogen-bond donors (Lipinski definition) is 3. The number of phosphoric ester groups is 1. The van der Waals surface area contributed by atoms with Crippen molar-refractivity contribution in [2.75, 3.05) is 53.3 Å². The Balaban J connectivity index is 1.41. The summed E-state index contributed by atoms with van der Waals surface area (Å²) in [5.41, 5.74) is 7.25. The van der Waals surface area contributed by atoms with E-state index >= 15 is 0 Å². The van der Waals surface area contributed by atoms with Gasteiger partial charge in [-0.05, 0) is 36.6 Å². The van der Waals surface area contributed by atoms with E-state index in [0.29, 0.717) is 18.0 Å². The molecule has 0 aliphatic carbocycles. The average molecular weight is 821 g/mol. The number of carbonyl (C=O) groups excluding carboxylic acids is 2. The number of H-pyrrole nitrogens is 1. The standard InChI is InChI=1S/C27H36N7O17P3/c1-29-25(36)18-5-3-7-20(13-18)47-17-23(32-33-28)46-12-11-45-16-22(35)30-10-4-6-19-14-34(27(38)31-26(19)37)24-9-8-21(49-24)15-48-53(41,42)51-54(43,44)50-52(2,39)40/h3,5,7,13-14,21,23-24H,8-12,15-17H2,1-2H3,(H,29,36)(H,30,35)(H,39,40)(H,41,42)(H,43,44)(H,31,37,38)/p-3/t21-,23?,24+/m0/s1. The van der Waals surface area contributed by atoms with Gasteiger partial charge in [0.1, 0.15) is 38.4 Å². The van der Waals surface area contributed by atoms with E-state index in [1.165, 1.54) is 13.1 Å². The normalized spacial score (nSPS) is 19.1. The maximum Gasteiger partial charge on any atom is 0.330 e. The number of aromatic nitrogens is 2. The lowest BCUT2D eigenvalue weighted by Crippen LogP contribution is -2.34. The highest BCUT2D eigenvalue weighted by Crippen LogP contribution is 2.61. The Hall–Kier alpha value is -4.16. The van der Waals surface area contributed by atoms with Crippen molar-refractivity contribution >= 4 is 35.1 Å². The Labute approximate surface area is 305 Å². The van der Waals surface area contributed by atoms with Gasteiger partial charge in [-0.2, -0.15) is 0 Å². The number of nitrogens with one attached hydrogen (secondary N) is 3. The molecule has 0 radical (unpaired) electrons. The van der Waals surface area contributed by atoms with Gasteiger partial charge in [0, 0.05) is 30.4 Å². The first kappa shape index (κ1) is 44.2. The number of nitrogens with zero attached hydrogens (tertiary/aromatic N) is 4. The number of phosphoric acid groups is 2. The summed E-state index contributed by atoms with van der Waals surface area (Å²) in [6.45, 7) is -1.33. The molecule has 4 unspecified atom stereocenters. The van der Waals surface area contributed by atoms with Gasteiger partial charge in [0.25, 0.3) is 27.1 Å². The monoisotopic (exact) mass is 820 g/mol. The summed E-state index contributed by atoms with van der Waals surface area (Å²) in [7, 11) is -14.9. The third-order valence-electron chi connectivity index (χ3n) is 6.49. The van der Waals surface area contributed by atoms with Crippen molar-refractivity contribution in [3.8, 4) is 17.6 Å². The highest BCUT2D eigenvalue weighted by Gasteiger charge is 2.30. The molecule has 1 saturated heterocycles. The lowest BCUT2D eigenvalue weighted by molar-refractivity contribution is -0.245. The zero-order chi connectivity index (χ0) is 39.9. The Morgan fingerprint density at radius 3 is 2.63 bits per heavy atom. The van der Waals surface area contributed by atoms with E-state index < -0.39 is 72.2 Å². The molecule has 1 aromatic heterocycles. The molecule has 1 fully saturated rings. The van der Waals surface area contributed by atoms with Gasteiger partial charge in [-0.15, -0.1) is 0 Å². The maximum atomic E-state index is 12.4. The molecule has 0 spiro atoms. The van der Waals surface area contributed by atoms with E-state index in [-0.39, 0.29) is 50.7 Å². The first-order valence-electron chi connectivity index (χ1n) is 15.3. The largest absolute Gasteiger partial charge is 0.778 e. The molecular weight excluding hydrogens is 787 g/mol. The second-order valence-electron chi connectivity index (χ2n) is 10.7. The van der Waals surface area contributed by atoms with Gasteiger partial charge in [-0.3, -0.25) is 37.4 Å². The molecule has 1 aliphatic rings. The highest BCUT2D eigenvalue weighted by molar-refractivity contribution is 7.66. The Bertz CT molecular complexity index is 2020. The number of azide groups is 1. The van der Waals surface area contributed by atoms with Gasteiger partial charge >= 0.3 is 5.69 Å². The second kappa shape index (κ2) is 20.5. The lowest BCUT2D eigenvalue weighted by Gasteiger charge is -2.33. The van der Waals surface area contributed by atoms with Crippen molar-refractivity contribution in [2.45, 2.75) is 31.4 Å². The fraction of sp³-hybridized carbons (Fsp3) is 0.481. The van der Waals surface area contributed by atoms with Crippen LogP contribution in [0.3, 0.4) is 0 Å². The molecule has 3 N–H and O–H groups in total. The SMILES string of the molecule is CNC(=O)c1cccc(OCC(N=[N+]=[N-])OCCOCC(=O)NCC#Cc2cn([C@H]3CC[C@@H](COP(=O)([O-])OP(=O)([O-])OP(C)(=O)[O-])O3)c(=O)[nH]c2=O)c1. The molecule has 6 atom stereocenters. The van der Waals surface area contributed by atoms with Gasteiger partial charge in [0.15, 0.2) is 6.23 Å². The fourth-order valence-corrected chi connectivity index (χ4v) is 7.63. The van der Waals surface area contributed by atoms with E-state index in [9.17, 15) is 47.6 Å². The number of aromatic amines is 1. The van der Waals surface area contributed by atoms with Crippen molar-refractivity contribution in [3.63, 3.8) is 0 Å². The molecule has 24 nitrogen and oxygen atoms in total. The first-order valence-corrected chi connectivity index (χ1v) is 20.2. The van der Waals surface area contributed by atoms with Gasteiger partial charge in [-0.1, -0.05) is 23.0 Å². The van der Waals surface area contributed by atoms with Crippen LogP contribution in [0.15, 0.2) is 45.2 Å². The maximum absolute atomic E-state index is 12.4. The third kappa shape index (κ3) is 15.7. The summed E-state index contributed by atoms with van der Waals surface area (Å²) in [6, 6.07) is 6.31. The highest BCUT2D eigenvalue weighted by atomic mass is 31.3. The molecule has 2 heterocycles. The summed E-state index contributed by atoms with van der Waals surface area (Å²) in [5.74, 6) is 4.51. The van der Waals surface area contributed by atoms with E-state index in [4.69, 9.17) is 24.5 Å². The van der Waals surface area contributed by atoms with Crippen molar-refractivity contribution in [3.05, 3.63) is 72.9 Å². The molecule has 1 aliphatic heterocycles. The van der Waals surface area contributed by atoms with E-state index in [2.05, 4.69) is 50.6 Å². The van der Waals surface area contributed by atoms with Crippen LogP contribution in [-0.2, 0) is 45.8 Å². The van der Waals surface area contributed by atoms with E-state index in [1.807, 2.05) is 0 Å². The number of ether oxygens (including phenoxy) is 4. The predicted molar refractivity (Wildman–Crippen MR) is 176 cm³/mol. The molecule has 2 amide bonds. The van der Waals surface area contributed by atoms with Crippen molar-refractivity contribution in [2.24, 2.45) is 5.11 Å². The van der Waals surface area contributed by atoms with Crippen LogP contribution in [0.2, 0.25) is 0 Å². The van der Waals surface area contributed by atoms with Gasteiger partial charge in [0.2, 0.25) is 5.91 Å². The van der Waals surface area contributed by atoms with Gasteiger partial charge in [0.05, 0.1) is 32.5 Å². The number of hydrogen-bond acceptors (Lipinski definition) is 18. The summed E-state index contributed by atoms with van der Waals surface area (Å²) in [5, 5.41) is 8.42. The molecule has 54 heavy (non-hydrogen) atoms. The molecule has 0 bridgehead atoms. The molecule has 0 saturated carbocycles. The Morgan fingerprint density at radius 2 is 1.93 bits per heavy atom. The van der Waals surface area contributed by atoms with Crippen molar-refractivity contribution in [1.29, 1.82) is 0 Å². The molecule has 3 rings (SSSR count). The molecule has 27 heteroatoms. The minimum atomic E-state index is -5.83. The summed E-state index contributed by atoms with van der Waals surface area (Å²) < 4.78 is 68.9. The minimum absolute atomic E-state index is 0.0668. The van der Waals surface area contributed by atoms with Crippen molar-refractivity contribution in [1.82, 2.24) is 20.2 Å².